The van der Waals surface area contributed by atoms with E-state index in [9.17, 15) is 9.59 Å². The van der Waals surface area contributed by atoms with E-state index in [1.807, 2.05) is 18.2 Å². The quantitative estimate of drug-likeness (QED) is 0.921. The van der Waals surface area contributed by atoms with E-state index in [1.165, 1.54) is 18.0 Å². The number of carbonyl (C=O) groups excluding carboxylic acids is 2. The van der Waals surface area contributed by atoms with Crippen LogP contribution in [-0.4, -0.2) is 39.8 Å². The van der Waals surface area contributed by atoms with E-state index in [4.69, 9.17) is 5.73 Å². The first-order valence-electron chi connectivity index (χ1n) is 7.12. The van der Waals surface area contributed by atoms with Crippen LogP contribution in [0.1, 0.15) is 38.9 Å². The van der Waals surface area contributed by atoms with Crippen LogP contribution in [0.5, 0.6) is 0 Å². The molecule has 2 amide bonds. The standard InChI is InChI=1S/C16H16N4O2/c17-15(21)13-14(19-8-7-18-13)16(22)20-9-6-12(10-20)11-4-2-1-3-5-11/h1-5,7-8,12H,6,9-10H2,(H2,17,21). The van der Waals surface area contributed by atoms with Crippen LogP contribution in [0.25, 0.3) is 0 Å². The second-order valence-electron chi connectivity index (χ2n) is 5.27. The third-order valence-corrected chi connectivity index (χ3v) is 3.88. The Labute approximate surface area is 128 Å². The minimum absolute atomic E-state index is 0.0312. The first kappa shape index (κ1) is 14.2. The molecule has 1 saturated heterocycles. The highest BCUT2D eigenvalue weighted by Crippen LogP contribution is 2.27. The first-order chi connectivity index (χ1) is 10.7. The zero-order valence-corrected chi connectivity index (χ0v) is 12.0. The van der Waals surface area contributed by atoms with E-state index in [0.717, 1.165) is 6.42 Å². The van der Waals surface area contributed by atoms with Crippen molar-refractivity contribution in [3.05, 3.63) is 59.7 Å². The number of amides is 2. The van der Waals surface area contributed by atoms with Gasteiger partial charge in [-0.2, -0.15) is 0 Å². The SMILES string of the molecule is NC(=O)c1nccnc1C(=O)N1CCC(c2ccccc2)C1. The van der Waals surface area contributed by atoms with Crippen molar-refractivity contribution >= 4 is 11.8 Å². The molecule has 1 aliphatic heterocycles. The molecule has 22 heavy (non-hydrogen) atoms. The van der Waals surface area contributed by atoms with E-state index in [2.05, 4.69) is 22.1 Å². The molecule has 1 atom stereocenters. The summed E-state index contributed by atoms with van der Waals surface area (Å²) in [4.78, 5) is 33.5. The van der Waals surface area contributed by atoms with Crippen LogP contribution in [-0.2, 0) is 0 Å². The predicted octanol–water partition coefficient (Wildman–Crippen LogP) is 1.21. The van der Waals surface area contributed by atoms with Crippen LogP contribution in [0.3, 0.4) is 0 Å². The zero-order chi connectivity index (χ0) is 15.5. The maximum atomic E-state index is 12.6. The maximum Gasteiger partial charge on any atom is 0.274 e. The molecule has 1 aliphatic rings. The summed E-state index contributed by atoms with van der Waals surface area (Å²) in [6, 6.07) is 10.1. The Kier molecular flexibility index (Phi) is 3.82. The van der Waals surface area contributed by atoms with Crippen LogP contribution in [0.15, 0.2) is 42.7 Å². The van der Waals surface area contributed by atoms with Crippen LogP contribution < -0.4 is 5.73 Å². The largest absolute Gasteiger partial charge is 0.364 e. The fourth-order valence-corrected chi connectivity index (χ4v) is 2.77. The summed E-state index contributed by atoms with van der Waals surface area (Å²) in [6.07, 6.45) is 3.64. The van der Waals surface area contributed by atoms with Crippen LogP contribution in [0.4, 0.5) is 0 Å². The van der Waals surface area contributed by atoms with E-state index in [0.29, 0.717) is 19.0 Å². The monoisotopic (exact) mass is 296 g/mol. The van der Waals surface area contributed by atoms with E-state index < -0.39 is 5.91 Å². The predicted molar refractivity (Wildman–Crippen MR) is 80.3 cm³/mol. The van der Waals surface area contributed by atoms with Crippen molar-refractivity contribution in [1.29, 1.82) is 0 Å². The Morgan fingerprint density at radius 1 is 1.09 bits per heavy atom. The summed E-state index contributed by atoms with van der Waals surface area (Å²) in [5.41, 5.74) is 6.43. The molecule has 0 bridgehead atoms. The number of nitrogens with zero attached hydrogens (tertiary/aromatic N) is 3. The fraction of sp³-hybridized carbons (Fsp3) is 0.250. The third-order valence-electron chi connectivity index (χ3n) is 3.88. The molecular weight excluding hydrogens is 280 g/mol. The second kappa shape index (κ2) is 5.93. The highest BCUT2D eigenvalue weighted by Gasteiger charge is 2.30. The van der Waals surface area contributed by atoms with Gasteiger partial charge in [-0.25, -0.2) is 9.97 Å². The highest BCUT2D eigenvalue weighted by molar-refractivity contribution is 6.04. The lowest BCUT2D eigenvalue weighted by molar-refractivity contribution is 0.0777. The Morgan fingerprint density at radius 3 is 2.45 bits per heavy atom. The molecule has 2 heterocycles. The molecule has 6 nitrogen and oxygen atoms in total. The molecule has 0 spiro atoms. The van der Waals surface area contributed by atoms with Gasteiger partial charge in [-0.05, 0) is 12.0 Å². The van der Waals surface area contributed by atoms with Crippen molar-refractivity contribution in [2.24, 2.45) is 5.73 Å². The van der Waals surface area contributed by atoms with Gasteiger partial charge < -0.3 is 10.6 Å². The minimum atomic E-state index is -0.741. The first-order valence-corrected chi connectivity index (χ1v) is 7.12. The van der Waals surface area contributed by atoms with Gasteiger partial charge >= 0.3 is 0 Å². The average Bonchev–Trinajstić information content (AvgIpc) is 3.05. The Morgan fingerprint density at radius 2 is 1.77 bits per heavy atom. The Hall–Kier alpha value is -2.76. The van der Waals surface area contributed by atoms with E-state index >= 15 is 0 Å². The highest BCUT2D eigenvalue weighted by atomic mass is 16.2. The van der Waals surface area contributed by atoms with Gasteiger partial charge in [0.15, 0.2) is 11.4 Å². The number of primary amides is 1. The zero-order valence-electron chi connectivity index (χ0n) is 12.0. The van der Waals surface area contributed by atoms with E-state index in [-0.39, 0.29) is 17.3 Å². The van der Waals surface area contributed by atoms with Gasteiger partial charge in [-0.15, -0.1) is 0 Å². The average molecular weight is 296 g/mol. The molecule has 6 heteroatoms. The van der Waals surface area contributed by atoms with Gasteiger partial charge in [0.25, 0.3) is 11.8 Å². The number of hydrogen-bond donors (Lipinski definition) is 1. The molecule has 2 aromatic rings. The molecule has 1 aromatic carbocycles. The number of carbonyl (C=O) groups is 2. The van der Waals surface area contributed by atoms with Crippen molar-refractivity contribution in [1.82, 2.24) is 14.9 Å². The maximum absolute atomic E-state index is 12.6. The summed E-state index contributed by atoms with van der Waals surface area (Å²) in [7, 11) is 0. The van der Waals surface area contributed by atoms with Crippen molar-refractivity contribution in [2.75, 3.05) is 13.1 Å². The van der Waals surface area contributed by atoms with Crippen LogP contribution in [0.2, 0.25) is 0 Å². The molecule has 1 aromatic heterocycles. The van der Waals surface area contributed by atoms with Crippen LogP contribution >= 0.6 is 0 Å². The van der Waals surface area contributed by atoms with Crippen molar-refractivity contribution < 1.29 is 9.59 Å². The Balaban J connectivity index is 1.79. The third kappa shape index (κ3) is 2.67. The molecule has 1 unspecified atom stereocenters. The lowest BCUT2D eigenvalue weighted by Gasteiger charge is -2.17. The molecule has 0 aliphatic carbocycles. The summed E-state index contributed by atoms with van der Waals surface area (Å²) >= 11 is 0. The molecule has 3 rings (SSSR count). The van der Waals surface area contributed by atoms with Crippen molar-refractivity contribution in [3.8, 4) is 0 Å². The van der Waals surface area contributed by atoms with Gasteiger partial charge in [0.05, 0.1) is 0 Å². The number of nitrogens with two attached hydrogens (primary N) is 1. The van der Waals surface area contributed by atoms with Crippen molar-refractivity contribution in [3.63, 3.8) is 0 Å². The molecule has 0 radical (unpaired) electrons. The number of benzene rings is 1. The summed E-state index contributed by atoms with van der Waals surface area (Å²) in [6.45, 7) is 1.24. The van der Waals surface area contributed by atoms with Crippen molar-refractivity contribution in [2.45, 2.75) is 12.3 Å². The normalized spacial score (nSPS) is 17.5. The minimum Gasteiger partial charge on any atom is -0.364 e. The van der Waals surface area contributed by atoms with E-state index in [1.54, 1.807) is 4.90 Å². The van der Waals surface area contributed by atoms with Gasteiger partial charge in [0.2, 0.25) is 0 Å². The number of hydrogen-bond acceptors (Lipinski definition) is 4. The molecular formula is C16H16N4O2. The van der Waals surface area contributed by atoms with Gasteiger partial charge in [-0.1, -0.05) is 30.3 Å². The molecule has 2 N–H and O–H groups in total. The smallest absolute Gasteiger partial charge is 0.274 e. The topological polar surface area (TPSA) is 89.2 Å². The molecule has 0 saturated carbocycles. The fourth-order valence-electron chi connectivity index (χ4n) is 2.77. The summed E-state index contributed by atoms with van der Waals surface area (Å²) < 4.78 is 0. The summed E-state index contributed by atoms with van der Waals surface area (Å²) in [5.74, 6) is -0.727. The van der Waals surface area contributed by atoms with Gasteiger partial charge in [0, 0.05) is 31.4 Å². The van der Waals surface area contributed by atoms with Gasteiger partial charge in [-0.3, -0.25) is 9.59 Å². The number of rotatable bonds is 3. The van der Waals surface area contributed by atoms with Crippen LogP contribution in [0, 0.1) is 0 Å². The number of aromatic nitrogens is 2. The lowest BCUT2D eigenvalue weighted by atomic mass is 9.99. The lowest BCUT2D eigenvalue weighted by Crippen LogP contribution is -2.32. The Bertz CT molecular complexity index is 702. The molecule has 112 valence electrons. The molecule has 1 fully saturated rings. The summed E-state index contributed by atoms with van der Waals surface area (Å²) in [5, 5.41) is 0. The second-order valence-corrected chi connectivity index (χ2v) is 5.27. The number of likely N-dealkylation sites (tertiary alicyclic amines) is 1. The van der Waals surface area contributed by atoms with Gasteiger partial charge in [0.1, 0.15) is 0 Å².